The van der Waals surface area contributed by atoms with Crippen molar-refractivity contribution < 1.29 is 14.6 Å². The highest BCUT2D eigenvalue weighted by molar-refractivity contribution is 5.98. The summed E-state index contributed by atoms with van der Waals surface area (Å²) in [6.45, 7) is 3.61. The highest BCUT2D eigenvalue weighted by atomic mass is 16.5. The number of phenolic OH excluding ortho intramolecular Hbond substituents is 1. The van der Waals surface area contributed by atoms with Crippen LogP contribution in [0.2, 0.25) is 0 Å². The van der Waals surface area contributed by atoms with Gasteiger partial charge in [0.1, 0.15) is 11.5 Å². The zero-order chi connectivity index (χ0) is 11.2. The molecule has 2 rings (SSSR count). The molecule has 0 aliphatic carbocycles. The van der Waals surface area contributed by atoms with Crippen LogP contribution in [0.5, 0.6) is 11.5 Å². The minimum Gasteiger partial charge on any atom is -0.508 e. The quantitative estimate of drug-likeness (QED) is 0.702. The molecule has 4 nitrogen and oxygen atoms in total. The normalized spacial score (nSPS) is 18.3. The minimum atomic E-state index is -0.683. The number of aromatic hydroxyl groups is 1. The number of carbonyl (C=O) groups excluding carboxylic acids is 1. The number of rotatable bonds is 0. The summed E-state index contributed by atoms with van der Waals surface area (Å²) in [5, 5.41) is 9.31. The van der Waals surface area contributed by atoms with Crippen LogP contribution in [0.1, 0.15) is 24.2 Å². The Bertz CT molecular complexity index is 426. The smallest absolute Gasteiger partial charge is 0.260 e. The van der Waals surface area contributed by atoms with E-state index >= 15 is 0 Å². The molecule has 80 valence electrons. The lowest BCUT2D eigenvalue weighted by molar-refractivity contribution is -0.0366. The summed E-state index contributed by atoms with van der Waals surface area (Å²) in [5.41, 5.74) is -0.202. The predicted octanol–water partition coefficient (Wildman–Crippen LogP) is 1.59. The summed E-state index contributed by atoms with van der Waals surface area (Å²) in [6, 6.07) is 4.51. The molecule has 0 bridgehead atoms. The number of amides is 1. The van der Waals surface area contributed by atoms with E-state index in [4.69, 9.17) is 4.74 Å². The van der Waals surface area contributed by atoms with Crippen LogP contribution >= 0.6 is 0 Å². The third-order valence-corrected chi connectivity index (χ3v) is 2.67. The number of carbonyl (C=O) groups is 1. The number of fused-ring (bicyclic) bond motifs is 1. The molecule has 0 fully saturated rings. The van der Waals surface area contributed by atoms with E-state index in [0.717, 1.165) is 0 Å². The molecule has 1 aromatic carbocycles. The Morgan fingerprint density at radius 3 is 2.73 bits per heavy atom. The summed E-state index contributed by atoms with van der Waals surface area (Å²) in [4.78, 5) is 13.4. The molecule has 4 heteroatoms. The van der Waals surface area contributed by atoms with Gasteiger partial charge in [-0.2, -0.15) is 0 Å². The fourth-order valence-electron chi connectivity index (χ4n) is 1.53. The van der Waals surface area contributed by atoms with Crippen molar-refractivity contribution in [2.45, 2.75) is 19.6 Å². The lowest BCUT2D eigenvalue weighted by Crippen LogP contribution is -2.52. The minimum absolute atomic E-state index is 0.0961. The second-order valence-corrected chi connectivity index (χ2v) is 4.09. The molecule has 1 aromatic rings. The van der Waals surface area contributed by atoms with Gasteiger partial charge in [-0.3, -0.25) is 4.79 Å². The standard InChI is InChI=1S/C11H13NO3/c1-11(2)12(3)10(14)8-5-4-7(13)6-9(8)15-11/h4-6,13H,1-3H3. The molecule has 0 saturated carbocycles. The maximum absolute atomic E-state index is 11.9. The van der Waals surface area contributed by atoms with Crippen molar-refractivity contribution in [1.82, 2.24) is 4.90 Å². The van der Waals surface area contributed by atoms with Gasteiger partial charge >= 0.3 is 0 Å². The summed E-state index contributed by atoms with van der Waals surface area (Å²) in [7, 11) is 1.69. The number of benzene rings is 1. The van der Waals surface area contributed by atoms with Crippen molar-refractivity contribution in [1.29, 1.82) is 0 Å². The van der Waals surface area contributed by atoms with Gasteiger partial charge in [-0.25, -0.2) is 0 Å². The molecule has 15 heavy (non-hydrogen) atoms. The van der Waals surface area contributed by atoms with E-state index in [9.17, 15) is 9.90 Å². The second kappa shape index (κ2) is 2.89. The van der Waals surface area contributed by atoms with E-state index in [0.29, 0.717) is 11.3 Å². The summed E-state index contributed by atoms with van der Waals surface area (Å²) < 4.78 is 5.63. The molecule has 1 aliphatic rings. The van der Waals surface area contributed by atoms with Crippen molar-refractivity contribution in [3.05, 3.63) is 23.8 Å². The molecule has 1 N–H and O–H groups in total. The lowest BCUT2D eigenvalue weighted by atomic mass is 10.1. The maximum atomic E-state index is 11.9. The first-order valence-electron chi connectivity index (χ1n) is 4.72. The van der Waals surface area contributed by atoms with Crippen LogP contribution in [0.25, 0.3) is 0 Å². The molecule has 1 aliphatic heterocycles. The van der Waals surface area contributed by atoms with Crippen LogP contribution in [0.15, 0.2) is 18.2 Å². The predicted molar refractivity (Wildman–Crippen MR) is 54.9 cm³/mol. The van der Waals surface area contributed by atoms with Gasteiger partial charge in [-0.15, -0.1) is 0 Å². The molecular formula is C11H13NO3. The van der Waals surface area contributed by atoms with Gasteiger partial charge in [0, 0.05) is 13.1 Å². The summed E-state index contributed by atoms with van der Waals surface area (Å²) in [5.74, 6) is 0.436. The third kappa shape index (κ3) is 1.42. The Labute approximate surface area is 88.1 Å². The monoisotopic (exact) mass is 207 g/mol. The van der Waals surface area contributed by atoms with Crippen molar-refractivity contribution in [3.8, 4) is 11.5 Å². The van der Waals surface area contributed by atoms with Crippen LogP contribution in [0.4, 0.5) is 0 Å². The average Bonchev–Trinajstić information content (AvgIpc) is 2.13. The Hall–Kier alpha value is -1.71. The first-order chi connectivity index (χ1) is 6.92. The summed E-state index contributed by atoms with van der Waals surface area (Å²) >= 11 is 0. The van der Waals surface area contributed by atoms with Crippen molar-refractivity contribution in [3.63, 3.8) is 0 Å². The molecule has 0 atom stereocenters. The van der Waals surface area contributed by atoms with Gasteiger partial charge < -0.3 is 14.7 Å². The van der Waals surface area contributed by atoms with E-state index < -0.39 is 5.72 Å². The molecule has 0 unspecified atom stereocenters. The molecule has 0 aromatic heterocycles. The highest BCUT2D eigenvalue weighted by Crippen LogP contribution is 2.34. The zero-order valence-corrected chi connectivity index (χ0v) is 8.94. The second-order valence-electron chi connectivity index (χ2n) is 4.09. The molecule has 0 radical (unpaired) electrons. The zero-order valence-electron chi connectivity index (χ0n) is 8.94. The van der Waals surface area contributed by atoms with E-state index in [1.54, 1.807) is 27.0 Å². The van der Waals surface area contributed by atoms with Gasteiger partial charge in [-0.05, 0) is 26.0 Å². The largest absolute Gasteiger partial charge is 0.508 e. The van der Waals surface area contributed by atoms with Gasteiger partial charge in [0.05, 0.1) is 5.56 Å². The Morgan fingerprint density at radius 2 is 2.07 bits per heavy atom. The van der Waals surface area contributed by atoms with Gasteiger partial charge in [0.2, 0.25) is 0 Å². The fraction of sp³-hybridized carbons (Fsp3) is 0.364. The molecule has 0 saturated heterocycles. The number of hydrogen-bond acceptors (Lipinski definition) is 3. The van der Waals surface area contributed by atoms with Crippen LogP contribution in [-0.2, 0) is 0 Å². The van der Waals surface area contributed by atoms with Crippen LogP contribution in [0.3, 0.4) is 0 Å². The first-order valence-corrected chi connectivity index (χ1v) is 4.72. The van der Waals surface area contributed by atoms with E-state index in [1.165, 1.54) is 17.0 Å². The Balaban J connectivity index is 2.55. The van der Waals surface area contributed by atoms with Gasteiger partial charge in [0.25, 0.3) is 5.91 Å². The number of phenols is 1. The highest BCUT2D eigenvalue weighted by Gasteiger charge is 2.37. The van der Waals surface area contributed by atoms with Gasteiger partial charge in [-0.1, -0.05) is 0 Å². The van der Waals surface area contributed by atoms with E-state index in [2.05, 4.69) is 0 Å². The van der Waals surface area contributed by atoms with Crippen LogP contribution in [-0.4, -0.2) is 28.7 Å². The first kappa shape index (κ1) is 9.83. The van der Waals surface area contributed by atoms with Crippen molar-refractivity contribution in [2.24, 2.45) is 0 Å². The maximum Gasteiger partial charge on any atom is 0.260 e. The summed E-state index contributed by atoms with van der Waals surface area (Å²) in [6.07, 6.45) is 0. The Kier molecular flexibility index (Phi) is 1.89. The van der Waals surface area contributed by atoms with E-state index in [-0.39, 0.29) is 11.7 Å². The molecule has 0 spiro atoms. The molecule has 1 amide bonds. The van der Waals surface area contributed by atoms with Crippen LogP contribution < -0.4 is 4.74 Å². The lowest BCUT2D eigenvalue weighted by Gasteiger charge is -2.40. The average molecular weight is 207 g/mol. The number of hydrogen-bond donors (Lipinski definition) is 1. The third-order valence-electron chi connectivity index (χ3n) is 2.67. The topological polar surface area (TPSA) is 49.8 Å². The molecular weight excluding hydrogens is 194 g/mol. The van der Waals surface area contributed by atoms with E-state index in [1.807, 2.05) is 0 Å². The van der Waals surface area contributed by atoms with Gasteiger partial charge in [0.15, 0.2) is 5.72 Å². The van der Waals surface area contributed by atoms with Crippen LogP contribution in [0, 0.1) is 0 Å². The Morgan fingerprint density at radius 1 is 1.40 bits per heavy atom. The van der Waals surface area contributed by atoms with Crippen molar-refractivity contribution in [2.75, 3.05) is 7.05 Å². The SMILES string of the molecule is CN1C(=O)c2ccc(O)cc2OC1(C)C. The number of ether oxygens (including phenoxy) is 1. The molecule has 1 heterocycles. The number of nitrogens with zero attached hydrogens (tertiary/aromatic N) is 1. The fourth-order valence-corrected chi connectivity index (χ4v) is 1.53. The van der Waals surface area contributed by atoms with Crippen molar-refractivity contribution >= 4 is 5.91 Å².